The lowest BCUT2D eigenvalue weighted by molar-refractivity contribution is 0.199. The fraction of sp³-hybridized carbons (Fsp3) is 0.348. The number of aromatic nitrogens is 3. The topological polar surface area (TPSA) is 76.4 Å². The molecule has 0 aliphatic heterocycles. The number of rotatable bonds is 9. The number of hydrogen-bond acceptors (Lipinski definition) is 4. The number of aryl methyl sites for hydroxylation is 1. The van der Waals surface area contributed by atoms with Gasteiger partial charge in [-0.1, -0.05) is 61.0 Å². The largest absolute Gasteiger partial charge is 0.487 e. The molecule has 1 heterocycles. The average molecular weight is 569 g/mol. The van der Waals surface area contributed by atoms with Crippen molar-refractivity contribution < 1.29 is 4.74 Å². The van der Waals surface area contributed by atoms with E-state index in [2.05, 4.69) is 39.9 Å². The summed E-state index contributed by atoms with van der Waals surface area (Å²) in [6, 6.07) is 17.7. The van der Waals surface area contributed by atoms with Crippen LogP contribution in [0, 0.1) is 6.92 Å². The lowest BCUT2D eigenvalue weighted by Gasteiger charge is -2.20. The maximum absolute atomic E-state index is 6.24. The molecule has 0 aliphatic rings. The van der Waals surface area contributed by atoms with Crippen LogP contribution in [0.1, 0.15) is 30.6 Å². The highest BCUT2D eigenvalue weighted by Gasteiger charge is 2.12. The van der Waals surface area contributed by atoms with Crippen LogP contribution in [0.15, 0.2) is 59.6 Å². The molecule has 3 aromatic rings. The number of nitrogens with zero attached hydrogens (tertiary/aromatic N) is 4. The second-order valence-electron chi connectivity index (χ2n) is 7.19. The van der Waals surface area contributed by atoms with Crippen molar-refractivity contribution in [1.82, 2.24) is 25.4 Å². The van der Waals surface area contributed by atoms with Crippen LogP contribution in [0.25, 0.3) is 0 Å². The fourth-order valence-corrected chi connectivity index (χ4v) is 3.08. The summed E-state index contributed by atoms with van der Waals surface area (Å²) >= 11 is 6.24. The van der Waals surface area contributed by atoms with Crippen molar-refractivity contribution >= 4 is 41.5 Å². The van der Waals surface area contributed by atoms with E-state index in [1.54, 1.807) is 0 Å². The number of para-hydroxylation sites is 1. The molecule has 172 valence electrons. The molecule has 1 atom stereocenters. The van der Waals surface area contributed by atoms with Crippen molar-refractivity contribution in [1.29, 1.82) is 0 Å². The number of aliphatic imine (C=N–C) groups is 1. The molecular weight excluding hydrogens is 539 g/mol. The molecule has 9 heteroatoms. The van der Waals surface area contributed by atoms with Gasteiger partial charge < -0.3 is 19.9 Å². The third kappa shape index (κ3) is 7.67. The molecule has 2 N–H and O–H groups in total. The van der Waals surface area contributed by atoms with Crippen molar-refractivity contribution in [2.75, 3.05) is 6.54 Å². The molecule has 0 amide bonds. The Labute approximate surface area is 211 Å². The van der Waals surface area contributed by atoms with Crippen molar-refractivity contribution in [3.8, 4) is 5.75 Å². The van der Waals surface area contributed by atoms with Crippen LogP contribution < -0.4 is 15.4 Å². The van der Waals surface area contributed by atoms with Gasteiger partial charge >= 0.3 is 0 Å². The summed E-state index contributed by atoms with van der Waals surface area (Å²) in [6.45, 7) is 5.67. The van der Waals surface area contributed by atoms with Crippen molar-refractivity contribution in [3.63, 3.8) is 0 Å². The molecule has 2 aromatic carbocycles. The normalized spacial score (nSPS) is 12.1. The van der Waals surface area contributed by atoms with Gasteiger partial charge in [0.15, 0.2) is 11.8 Å². The molecule has 0 fully saturated rings. The van der Waals surface area contributed by atoms with Gasteiger partial charge in [0.25, 0.3) is 0 Å². The van der Waals surface area contributed by atoms with E-state index in [0.717, 1.165) is 23.6 Å². The minimum Gasteiger partial charge on any atom is -0.487 e. The molecule has 3 rings (SSSR count). The Morgan fingerprint density at radius 2 is 1.81 bits per heavy atom. The van der Waals surface area contributed by atoms with Crippen LogP contribution in [-0.2, 0) is 20.1 Å². The predicted molar refractivity (Wildman–Crippen MR) is 140 cm³/mol. The van der Waals surface area contributed by atoms with Gasteiger partial charge in [0.05, 0.1) is 24.7 Å². The van der Waals surface area contributed by atoms with Crippen LogP contribution in [0.2, 0.25) is 5.02 Å². The van der Waals surface area contributed by atoms with Gasteiger partial charge in [0, 0.05) is 7.05 Å². The Balaban J connectivity index is 0.00000363. The standard InChI is InChI=1S/C23H29ClN6O.HI/c1-4-19(31-21-13-9-8-12-20(21)24)15-26-23(25-14-18-10-6-5-7-11-18)27-16-22-29-28-17(2)30(22)3;/h5-13,19H,4,14-16H2,1-3H3,(H2,25,26,27);1H. The number of halogens is 2. The number of guanidine groups is 1. The van der Waals surface area contributed by atoms with Gasteiger partial charge in [-0.25, -0.2) is 4.99 Å². The first kappa shape index (κ1) is 25.9. The van der Waals surface area contributed by atoms with E-state index in [9.17, 15) is 0 Å². The molecule has 1 unspecified atom stereocenters. The summed E-state index contributed by atoms with van der Waals surface area (Å²) in [5, 5.41) is 15.7. The van der Waals surface area contributed by atoms with Crippen molar-refractivity contribution in [2.24, 2.45) is 12.0 Å². The second-order valence-corrected chi connectivity index (χ2v) is 7.59. The smallest absolute Gasteiger partial charge is 0.192 e. The maximum Gasteiger partial charge on any atom is 0.192 e. The van der Waals surface area contributed by atoms with Crippen LogP contribution in [-0.4, -0.2) is 33.4 Å². The summed E-state index contributed by atoms with van der Waals surface area (Å²) < 4.78 is 8.04. The Bertz CT molecular complexity index is 995. The average Bonchev–Trinajstić information content (AvgIpc) is 3.11. The van der Waals surface area contributed by atoms with Crippen LogP contribution in [0.4, 0.5) is 0 Å². The van der Waals surface area contributed by atoms with Crippen molar-refractivity contribution in [2.45, 2.75) is 39.5 Å². The first-order chi connectivity index (χ1) is 15.1. The second kappa shape index (κ2) is 13.3. The Morgan fingerprint density at radius 1 is 1.09 bits per heavy atom. The lowest BCUT2D eigenvalue weighted by atomic mass is 10.2. The van der Waals surface area contributed by atoms with E-state index in [-0.39, 0.29) is 30.1 Å². The highest BCUT2D eigenvalue weighted by atomic mass is 127. The fourth-order valence-electron chi connectivity index (χ4n) is 2.90. The van der Waals surface area contributed by atoms with Gasteiger partial charge in [-0.2, -0.15) is 0 Å². The first-order valence-corrected chi connectivity index (χ1v) is 10.8. The molecular formula is C23H30ClIN6O. The zero-order chi connectivity index (χ0) is 22.1. The molecule has 0 spiro atoms. The quantitative estimate of drug-likeness (QED) is 0.226. The van der Waals surface area contributed by atoms with E-state index in [1.165, 1.54) is 0 Å². The zero-order valence-corrected chi connectivity index (χ0v) is 21.7. The summed E-state index contributed by atoms with van der Waals surface area (Å²) in [7, 11) is 1.95. The lowest BCUT2D eigenvalue weighted by Crippen LogP contribution is -2.42. The summed E-state index contributed by atoms with van der Waals surface area (Å²) in [5.41, 5.74) is 1.14. The number of benzene rings is 2. The molecule has 0 saturated heterocycles. The Hall–Kier alpha value is -2.33. The van der Waals surface area contributed by atoms with Gasteiger partial charge in [0.2, 0.25) is 0 Å². The summed E-state index contributed by atoms with van der Waals surface area (Å²) in [4.78, 5) is 4.73. The van der Waals surface area contributed by atoms with Crippen LogP contribution >= 0.6 is 35.6 Å². The highest BCUT2D eigenvalue weighted by molar-refractivity contribution is 14.0. The van der Waals surface area contributed by atoms with Gasteiger partial charge in [-0.15, -0.1) is 34.2 Å². The highest BCUT2D eigenvalue weighted by Crippen LogP contribution is 2.24. The van der Waals surface area contributed by atoms with E-state index in [4.69, 9.17) is 21.3 Å². The van der Waals surface area contributed by atoms with Crippen LogP contribution in [0.3, 0.4) is 0 Å². The molecule has 0 bridgehead atoms. The first-order valence-electron chi connectivity index (χ1n) is 10.4. The van der Waals surface area contributed by atoms with E-state index in [0.29, 0.717) is 36.4 Å². The molecule has 0 saturated carbocycles. The molecule has 0 aliphatic carbocycles. The van der Waals surface area contributed by atoms with E-state index < -0.39 is 0 Å². The SMILES string of the molecule is CCC(CNC(=NCc1ccccc1)NCc1nnc(C)n1C)Oc1ccccc1Cl.I. The van der Waals surface area contributed by atoms with Gasteiger partial charge in [0.1, 0.15) is 17.7 Å². The summed E-state index contributed by atoms with van der Waals surface area (Å²) in [6.07, 6.45) is 0.771. The molecule has 1 aromatic heterocycles. The van der Waals surface area contributed by atoms with Crippen molar-refractivity contribution in [3.05, 3.63) is 76.8 Å². The van der Waals surface area contributed by atoms with E-state index in [1.807, 2.05) is 61.0 Å². The maximum atomic E-state index is 6.24. The third-order valence-corrected chi connectivity index (χ3v) is 5.25. The van der Waals surface area contributed by atoms with Crippen LogP contribution in [0.5, 0.6) is 5.75 Å². The Kier molecular flexibility index (Phi) is 10.8. The number of hydrogen-bond donors (Lipinski definition) is 2. The number of nitrogens with one attached hydrogen (secondary N) is 2. The monoisotopic (exact) mass is 568 g/mol. The zero-order valence-electron chi connectivity index (χ0n) is 18.6. The third-order valence-electron chi connectivity index (χ3n) is 4.94. The Morgan fingerprint density at radius 3 is 2.47 bits per heavy atom. The molecule has 32 heavy (non-hydrogen) atoms. The summed E-state index contributed by atoms with van der Waals surface area (Å²) in [5.74, 6) is 3.08. The minimum absolute atomic E-state index is 0. The molecule has 7 nitrogen and oxygen atoms in total. The number of ether oxygens (including phenoxy) is 1. The molecule has 0 radical (unpaired) electrons. The van der Waals surface area contributed by atoms with Gasteiger partial charge in [-0.3, -0.25) is 0 Å². The van der Waals surface area contributed by atoms with Gasteiger partial charge in [-0.05, 0) is 31.0 Å². The van der Waals surface area contributed by atoms with E-state index >= 15 is 0 Å². The minimum atomic E-state index is -0.0549. The predicted octanol–water partition coefficient (Wildman–Crippen LogP) is 4.49.